The maximum atomic E-state index is 4.32. The van der Waals surface area contributed by atoms with Crippen LogP contribution in [0.5, 0.6) is 0 Å². The molecule has 1 heterocycles. The molecule has 1 aromatic carbocycles. The second-order valence-electron chi connectivity index (χ2n) is 5.82. The molecule has 1 atom stereocenters. The van der Waals surface area contributed by atoms with Gasteiger partial charge in [0.15, 0.2) is 0 Å². The third-order valence-corrected chi connectivity index (χ3v) is 5.37. The highest BCUT2D eigenvalue weighted by Gasteiger charge is 2.15. The molecule has 0 amide bonds. The van der Waals surface area contributed by atoms with Crippen LogP contribution in [-0.2, 0) is 5.41 Å². The van der Waals surface area contributed by atoms with E-state index < -0.39 is 0 Å². The lowest BCUT2D eigenvalue weighted by molar-refractivity contribution is 0.588. The Morgan fingerprint density at radius 1 is 1.25 bits per heavy atom. The molecule has 1 N–H and O–H groups in total. The van der Waals surface area contributed by atoms with Crippen molar-refractivity contribution in [3.05, 3.63) is 47.0 Å². The lowest BCUT2D eigenvalue weighted by atomic mass is 9.86. The Labute approximate surface area is 130 Å². The summed E-state index contributed by atoms with van der Waals surface area (Å²) in [6.07, 6.45) is 1.86. The SMILES string of the molecule is CNC(CSc1nccs1)c1ccc(C(C)(C)C)cc1. The zero-order valence-electron chi connectivity index (χ0n) is 12.5. The van der Waals surface area contributed by atoms with Crippen LogP contribution in [0.15, 0.2) is 40.2 Å². The molecular formula is C16H22N2S2. The summed E-state index contributed by atoms with van der Waals surface area (Å²) in [6.45, 7) is 6.74. The second kappa shape index (κ2) is 6.74. The van der Waals surface area contributed by atoms with E-state index >= 15 is 0 Å². The molecule has 2 aromatic rings. The number of rotatable bonds is 5. The Balaban J connectivity index is 2.04. The van der Waals surface area contributed by atoms with Gasteiger partial charge in [0.05, 0.1) is 0 Å². The molecular weight excluding hydrogens is 284 g/mol. The Morgan fingerprint density at radius 3 is 2.45 bits per heavy atom. The van der Waals surface area contributed by atoms with Crippen LogP contribution in [0.1, 0.15) is 37.9 Å². The molecule has 0 aliphatic heterocycles. The monoisotopic (exact) mass is 306 g/mol. The van der Waals surface area contributed by atoms with Crippen LogP contribution in [0, 0.1) is 0 Å². The normalized spacial score (nSPS) is 13.4. The first-order chi connectivity index (χ1) is 9.50. The Kier molecular flexibility index (Phi) is 5.24. The maximum Gasteiger partial charge on any atom is 0.149 e. The van der Waals surface area contributed by atoms with E-state index in [1.807, 2.05) is 30.4 Å². The number of benzene rings is 1. The molecule has 2 nitrogen and oxygen atoms in total. The van der Waals surface area contributed by atoms with Crippen LogP contribution < -0.4 is 5.32 Å². The average molecular weight is 307 g/mol. The number of nitrogens with one attached hydrogen (secondary N) is 1. The number of hydrogen-bond acceptors (Lipinski definition) is 4. The summed E-state index contributed by atoms with van der Waals surface area (Å²) < 4.78 is 1.14. The molecule has 0 aliphatic carbocycles. The van der Waals surface area contributed by atoms with Crippen LogP contribution in [0.3, 0.4) is 0 Å². The van der Waals surface area contributed by atoms with E-state index in [0.29, 0.717) is 6.04 Å². The minimum atomic E-state index is 0.212. The molecule has 1 aromatic heterocycles. The van der Waals surface area contributed by atoms with Gasteiger partial charge in [-0.05, 0) is 23.6 Å². The summed E-state index contributed by atoms with van der Waals surface area (Å²) in [6, 6.07) is 9.33. The topological polar surface area (TPSA) is 24.9 Å². The van der Waals surface area contributed by atoms with E-state index in [4.69, 9.17) is 0 Å². The highest BCUT2D eigenvalue weighted by atomic mass is 32.2. The standard InChI is InChI=1S/C16H22N2S2/c1-16(2,3)13-7-5-12(6-8-13)14(17-4)11-20-15-18-9-10-19-15/h5-10,14,17H,11H2,1-4H3. The zero-order valence-corrected chi connectivity index (χ0v) is 14.1. The predicted molar refractivity (Wildman–Crippen MR) is 89.8 cm³/mol. The van der Waals surface area contributed by atoms with Crippen molar-refractivity contribution in [2.75, 3.05) is 12.8 Å². The lowest BCUT2D eigenvalue weighted by Gasteiger charge is -2.21. The van der Waals surface area contributed by atoms with Crippen LogP contribution in [0.2, 0.25) is 0 Å². The van der Waals surface area contributed by atoms with Crippen LogP contribution in [0.4, 0.5) is 0 Å². The van der Waals surface area contributed by atoms with E-state index in [9.17, 15) is 0 Å². The molecule has 0 bridgehead atoms. The van der Waals surface area contributed by atoms with E-state index in [-0.39, 0.29) is 5.41 Å². The van der Waals surface area contributed by atoms with Gasteiger partial charge in [-0.25, -0.2) is 4.98 Å². The summed E-state index contributed by atoms with van der Waals surface area (Å²) in [5.74, 6) is 0.999. The molecule has 0 fully saturated rings. The fourth-order valence-electron chi connectivity index (χ4n) is 2.00. The minimum absolute atomic E-state index is 0.212. The molecule has 2 rings (SSSR count). The van der Waals surface area contributed by atoms with Crippen LogP contribution >= 0.6 is 23.1 Å². The van der Waals surface area contributed by atoms with Gasteiger partial charge in [-0.3, -0.25) is 0 Å². The summed E-state index contributed by atoms with van der Waals surface area (Å²) in [4.78, 5) is 4.32. The Bertz CT molecular complexity index is 512. The van der Waals surface area contributed by atoms with Crippen molar-refractivity contribution in [3.63, 3.8) is 0 Å². The summed E-state index contributed by atoms with van der Waals surface area (Å²) in [5.41, 5.74) is 2.93. The Hall–Kier alpha value is -0.840. The van der Waals surface area contributed by atoms with E-state index in [1.165, 1.54) is 11.1 Å². The number of nitrogens with zero attached hydrogens (tertiary/aromatic N) is 1. The number of hydrogen-bond donors (Lipinski definition) is 1. The van der Waals surface area contributed by atoms with Gasteiger partial charge >= 0.3 is 0 Å². The van der Waals surface area contributed by atoms with Crippen molar-refractivity contribution in [3.8, 4) is 0 Å². The first kappa shape index (κ1) is 15.5. The fourth-order valence-corrected chi connectivity index (χ4v) is 3.80. The third kappa shape index (κ3) is 4.08. The quantitative estimate of drug-likeness (QED) is 0.824. The zero-order chi connectivity index (χ0) is 14.6. The second-order valence-corrected chi connectivity index (χ2v) is 7.98. The molecule has 0 saturated carbocycles. The third-order valence-electron chi connectivity index (χ3n) is 3.31. The predicted octanol–water partition coefficient (Wildman–Crippen LogP) is 4.49. The summed E-state index contributed by atoms with van der Waals surface area (Å²) in [5, 5.41) is 5.42. The summed E-state index contributed by atoms with van der Waals surface area (Å²) in [7, 11) is 2.02. The number of thiazole rings is 1. The van der Waals surface area contributed by atoms with Gasteiger partial charge in [0.2, 0.25) is 0 Å². The summed E-state index contributed by atoms with van der Waals surface area (Å²) >= 11 is 3.51. The largest absolute Gasteiger partial charge is 0.312 e. The van der Waals surface area contributed by atoms with Crippen LogP contribution in [0.25, 0.3) is 0 Å². The smallest absolute Gasteiger partial charge is 0.149 e. The van der Waals surface area contributed by atoms with Gasteiger partial charge in [-0.2, -0.15) is 0 Å². The van der Waals surface area contributed by atoms with Crippen molar-refractivity contribution in [2.24, 2.45) is 0 Å². The molecule has 0 radical (unpaired) electrons. The highest BCUT2D eigenvalue weighted by molar-refractivity contribution is 8.01. The van der Waals surface area contributed by atoms with E-state index in [0.717, 1.165) is 10.1 Å². The van der Waals surface area contributed by atoms with Gasteiger partial charge in [0.1, 0.15) is 4.34 Å². The molecule has 0 aliphatic rings. The van der Waals surface area contributed by atoms with Crippen molar-refractivity contribution >= 4 is 23.1 Å². The molecule has 20 heavy (non-hydrogen) atoms. The molecule has 4 heteroatoms. The van der Waals surface area contributed by atoms with Crippen LogP contribution in [-0.4, -0.2) is 17.8 Å². The van der Waals surface area contributed by atoms with Gasteiger partial charge in [-0.15, -0.1) is 11.3 Å². The molecule has 0 spiro atoms. The number of aromatic nitrogens is 1. The van der Waals surface area contributed by atoms with Crippen molar-refractivity contribution < 1.29 is 0 Å². The van der Waals surface area contributed by atoms with Crippen molar-refractivity contribution in [1.82, 2.24) is 10.3 Å². The first-order valence-corrected chi connectivity index (χ1v) is 8.67. The average Bonchev–Trinajstić information content (AvgIpc) is 2.92. The minimum Gasteiger partial charge on any atom is -0.312 e. The molecule has 0 saturated heterocycles. The van der Waals surface area contributed by atoms with Crippen molar-refractivity contribution in [2.45, 2.75) is 36.6 Å². The first-order valence-electron chi connectivity index (χ1n) is 6.80. The molecule has 1 unspecified atom stereocenters. The van der Waals surface area contributed by atoms with E-state index in [2.05, 4.69) is 55.3 Å². The maximum absolute atomic E-state index is 4.32. The van der Waals surface area contributed by atoms with E-state index in [1.54, 1.807) is 11.3 Å². The van der Waals surface area contributed by atoms with Gasteiger partial charge in [-0.1, -0.05) is 56.8 Å². The van der Waals surface area contributed by atoms with Gasteiger partial charge < -0.3 is 5.32 Å². The van der Waals surface area contributed by atoms with Crippen molar-refractivity contribution in [1.29, 1.82) is 0 Å². The fraction of sp³-hybridized carbons (Fsp3) is 0.438. The number of thioether (sulfide) groups is 1. The van der Waals surface area contributed by atoms with Gasteiger partial charge in [0.25, 0.3) is 0 Å². The highest BCUT2D eigenvalue weighted by Crippen LogP contribution is 2.28. The Morgan fingerprint density at radius 2 is 1.95 bits per heavy atom. The molecule has 108 valence electrons. The lowest BCUT2D eigenvalue weighted by Crippen LogP contribution is -2.19. The van der Waals surface area contributed by atoms with Gasteiger partial charge in [0, 0.05) is 23.4 Å².